The van der Waals surface area contributed by atoms with Gasteiger partial charge in [-0.2, -0.15) is 0 Å². The second kappa shape index (κ2) is 7.94. The summed E-state index contributed by atoms with van der Waals surface area (Å²) in [4.78, 5) is 32.5. The number of carbonyl (C=O) groups excluding carboxylic acids is 2. The standard InChI is InChI=1S/C36H24ClNO3/c37-24-17-15-23(16-18-24)31-35(28-13-6-9-22-8-5-12-27(30(22)28)33(35)39)38-20-19-21-7-1-2-10-25(21)32(38)36(31)34(40)26-11-3-4-14-29(26)41-36/h1-18,31-32H,19-20H2. The molecule has 9 rings (SSSR count). The van der Waals surface area contributed by atoms with E-state index >= 15 is 9.59 Å². The third-order valence-corrected chi connectivity index (χ3v) is 10.1. The van der Waals surface area contributed by atoms with Crippen molar-refractivity contribution in [2.45, 2.75) is 29.5 Å². The Kier molecular flexibility index (Phi) is 4.54. The van der Waals surface area contributed by atoms with Gasteiger partial charge in [0.25, 0.3) is 0 Å². The van der Waals surface area contributed by atoms with Gasteiger partial charge in [0.1, 0.15) is 11.3 Å². The number of halogens is 1. The average molecular weight is 554 g/mol. The van der Waals surface area contributed by atoms with Crippen molar-refractivity contribution < 1.29 is 14.3 Å². The highest BCUT2D eigenvalue weighted by Crippen LogP contribution is 2.69. The van der Waals surface area contributed by atoms with E-state index in [1.54, 1.807) is 0 Å². The zero-order valence-corrected chi connectivity index (χ0v) is 22.8. The van der Waals surface area contributed by atoms with Crippen molar-refractivity contribution in [1.82, 2.24) is 4.90 Å². The van der Waals surface area contributed by atoms with Gasteiger partial charge in [-0.25, -0.2) is 0 Å². The monoisotopic (exact) mass is 553 g/mol. The Balaban J connectivity index is 1.45. The van der Waals surface area contributed by atoms with Crippen LogP contribution in [0, 0.1) is 0 Å². The van der Waals surface area contributed by atoms with Gasteiger partial charge in [0.2, 0.25) is 11.4 Å². The van der Waals surface area contributed by atoms with Gasteiger partial charge >= 0.3 is 0 Å². The predicted molar refractivity (Wildman–Crippen MR) is 158 cm³/mol. The molecule has 0 saturated carbocycles. The van der Waals surface area contributed by atoms with E-state index in [9.17, 15) is 0 Å². The molecule has 41 heavy (non-hydrogen) atoms. The van der Waals surface area contributed by atoms with Crippen LogP contribution in [0.3, 0.4) is 0 Å². The van der Waals surface area contributed by atoms with E-state index in [-0.39, 0.29) is 11.6 Å². The fourth-order valence-corrected chi connectivity index (χ4v) is 8.61. The Morgan fingerprint density at radius 3 is 2.32 bits per heavy atom. The SMILES string of the molecule is O=C1c2ccccc2OC12C1c3ccccc3CCN1C1(C(=O)c3cccc4cccc1c34)C2c1ccc(Cl)cc1. The van der Waals surface area contributed by atoms with Gasteiger partial charge in [-0.05, 0) is 63.7 Å². The number of hydrogen-bond acceptors (Lipinski definition) is 4. The number of carbonyl (C=O) groups is 2. The molecule has 4 unspecified atom stereocenters. The number of ether oxygens (including phenoxy) is 1. The lowest BCUT2D eigenvalue weighted by Crippen LogP contribution is -2.51. The van der Waals surface area contributed by atoms with E-state index in [1.165, 1.54) is 5.56 Å². The summed E-state index contributed by atoms with van der Waals surface area (Å²) in [6, 6.07) is 35.1. The molecule has 0 N–H and O–H groups in total. The van der Waals surface area contributed by atoms with Gasteiger partial charge in [-0.15, -0.1) is 0 Å². The third kappa shape index (κ3) is 2.66. The van der Waals surface area contributed by atoms with Crippen LogP contribution in [0.15, 0.2) is 109 Å². The van der Waals surface area contributed by atoms with Crippen LogP contribution >= 0.6 is 11.6 Å². The van der Waals surface area contributed by atoms with Crippen LogP contribution < -0.4 is 4.74 Å². The molecule has 1 saturated heterocycles. The largest absolute Gasteiger partial charge is 0.476 e. The first-order valence-corrected chi connectivity index (χ1v) is 14.4. The normalized spacial score (nSPS) is 27.3. The molecule has 0 amide bonds. The quantitative estimate of drug-likeness (QED) is 0.218. The highest BCUT2D eigenvalue weighted by Gasteiger charge is 2.78. The number of nitrogens with zero attached hydrogens (tertiary/aromatic N) is 1. The van der Waals surface area contributed by atoms with E-state index in [1.807, 2.05) is 78.9 Å². The maximum absolute atomic E-state index is 15.2. The smallest absolute Gasteiger partial charge is 0.212 e. The van der Waals surface area contributed by atoms with Crippen molar-refractivity contribution in [1.29, 1.82) is 0 Å². The summed E-state index contributed by atoms with van der Waals surface area (Å²) >= 11 is 6.40. The highest BCUT2D eigenvalue weighted by atomic mass is 35.5. The van der Waals surface area contributed by atoms with Crippen molar-refractivity contribution in [3.63, 3.8) is 0 Å². The molecular weight excluding hydrogens is 530 g/mol. The van der Waals surface area contributed by atoms with Crippen LogP contribution in [-0.2, 0) is 12.0 Å². The first-order valence-electron chi connectivity index (χ1n) is 14.1. The highest BCUT2D eigenvalue weighted by molar-refractivity contribution is 6.30. The molecule has 1 aliphatic carbocycles. The van der Waals surface area contributed by atoms with Gasteiger partial charge in [0.05, 0.1) is 17.5 Å². The molecule has 0 bridgehead atoms. The van der Waals surface area contributed by atoms with Crippen LogP contribution in [0.2, 0.25) is 5.02 Å². The van der Waals surface area contributed by atoms with Crippen LogP contribution in [0.25, 0.3) is 10.8 Å². The molecular formula is C36H24ClNO3. The molecule has 2 spiro atoms. The van der Waals surface area contributed by atoms with Crippen LogP contribution in [-0.4, -0.2) is 28.6 Å². The van der Waals surface area contributed by atoms with Crippen LogP contribution in [0.5, 0.6) is 5.75 Å². The summed E-state index contributed by atoms with van der Waals surface area (Å²) < 4.78 is 7.04. The zero-order valence-electron chi connectivity index (χ0n) is 22.0. The Hall–Kier alpha value is -4.25. The predicted octanol–water partition coefficient (Wildman–Crippen LogP) is 7.30. The fourth-order valence-electron chi connectivity index (χ4n) is 8.49. The summed E-state index contributed by atoms with van der Waals surface area (Å²) in [6.07, 6.45) is 0.776. The molecule has 5 aromatic rings. The lowest BCUT2D eigenvalue weighted by molar-refractivity contribution is 0.0269. The molecule has 4 aliphatic rings. The minimum absolute atomic E-state index is 0.0258. The summed E-state index contributed by atoms with van der Waals surface area (Å²) in [5.41, 5.74) is 2.80. The Bertz CT molecular complexity index is 1960. The number of ketones is 2. The van der Waals surface area contributed by atoms with E-state index in [0.29, 0.717) is 28.4 Å². The number of fused-ring (bicyclic) bond motifs is 7. The van der Waals surface area contributed by atoms with Crippen molar-refractivity contribution in [3.05, 3.63) is 148 Å². The first-order chi connectivity index (χ1) is 20.1. The molecule has 3 heterocycles. The molecule has 4 nitrogen and oxygen atoms in total. The average Bonchev–Trinajstić information content (AvgIpc) is 3.55. The molecule has 0 aromatic heterocycles. The molecule has 3 aliphatic heterocycles. The zero-order chi connectivity index (χ0) is 27.5. The minimum Gasteiger partial charge on any atom is -0.476 e. The van der Waals surface area contributed by atoms with Gasteiger partial charge in [-0.1, -0.05) is 96.5 Å². The van der Waals surface area contributed by atoms with Crippen molar-refractivity contribution in [3.8, 4) is 5.75 Å². The Morgan fingerprint density at radius 1 is 0.756 bits per heavy atom. The van der Waals surface area contributed by atoms with Crippen molar-refractivity contribution in [2.24, 2.45) is 0 Å². The first kappa shape index (κ1) is 23.5. The van der Waals surface area contributed by atoms with Gasteiger partial charge < -0.3 is 4.74 Å². The molecule has 1 fully saturated rings. The van der Waals surface area contributed by atoms with Crippen molar-refractivity contribution in [2.75, 3.05) is 6.54 Å². The summed E-state index contributed by atoms with van der Waals surface area (Å²) in [6.45, 7) is 0.622. The molecule has 0 radical (unpaired) electrons. The third-order valence-electron chi connectivity index (χ3n) is 9.86. The second-order valence-electron chi connectivity index (χ2n) is 11.6. The maximum Gasteiger partial charge on any atom is 0.212 e. The van der Waals surface area contributed by atoms with E-state index in [4.69, 9.17) is 16.3 Å². The number of rotatable bonds is 1. The minimum atomic E-state index is -1.37. The lowest BCUT2D eigenvalue weighted by atomic mass is 9.66. The fraction of sp³-hybridized carbons (Fsp3) is 0.167. The van der Waals surface area contributed by atoms with Crippen molar-refractivity contribution >= 4 is 33.9 Å². The number of Topliss-reactive ketones (excluding diaryl/α,β-unsaturated/α-hetero) is 2. The molecule has 198 valence electrons. The van der Waals surface area contributed by atoms with Gasteiger partial charge in [0, 0.05) is 17.1 Å². The number of hydrogen-bond donors (Lipinski definition) is 0. The molecule has 4 atom stereocenters. The Morgan fingerprint density at radius 2 is 1.49 bits per heavy atom. The second-order valence-corrected chi connectivity index (χ2v) is 12.0. The molecule has 5 heteroatoms. The summed E-state index contributed by atoms with van der Waals surface area (Å²) in [5, 5.41) is 2.59. The molecule has 5 aromatic carbocycles. The Labute approximate surface area is 242 Å². The van der Waals surface area contributed by atoms with E-state index in [0.717, 1.165) is 33.9 Å². The topological polar surface area (TPSA) is 46.6 Å². The number of para-hydroxylation sites is 1. The van der Waals surface area contributed by atoms with Crippen LogP contribution in [0.4, 0.5) is 0 Å². The van der Waals surface area contributed by atoms with E-state index in [2.05, 4.69) is 35.2 Å². The van der Waals surface area contributed by atoms with Gasteiger partial charge in [0.15, 0.2) is 5.78 Å². The van der Waals surface area contributed by atoms with E-state index < -0.39 is 23.1 Å². The number of benzene rings is 5. The summed E-state index contributed by atoms with van der Waals surface area (Å²) in [5.74, 6) is -0.114. The maximum atomic E-state index is 15.2. The lowest BCUT2D eigenvalue weighted by Gasteiger charge is -2.42. The summed E-state index contributed by atoms with van der Waals surface area (Å²) in [7, 11) is 0. The van der Waals surface area contributed by atoms with Gasteiger partial charge in [-0.3, -0.25) is 14.5 Å². The van der Waals surface area contributed by atoms with Crippen LogP contribution in [0.1, 0.15) is 54.9 Å².